The highest BCUT2D eigenvalue weighted by atomic mass is 79.9. The first-order valence-corrected chi connectivity index (χ1v) is 9.55. The van der Waals surface area contributed by atoms with Crippen molar-refractivity contribution in [1.29, 1.82) is 0 Å². The Labute approximate surface area is 161 Å². The zero-order valence-electron chi connectivity index (χ0n) is 14.8. The van der Waals surface area contributed by atoms with Gasteiger partial charge in [-0.05, 0) is 64.9 Å². The van der Waals surface area contributed by atoms with Crippen molar-refractivity contribution in [2.24, 2.45) is 10.7 Å². The SMILES string of the molecule is CN1C(=O)[C@@H](c2ccc(C3CC3)cc2)[C@@](C)(c2cccc(Br)n2)N=C1N. The molecule has 1 aliphatic heterocycles. The van der Waals surface area contributed by atoms with Gasteiger partial charge in [0.2, 0.25) is 5.91 Å². The molecule has 4 rings (SSSR count). The fourth-order valence-corrected chi connectivity index (χ4v) is 4.01. The number of halogens is 1. The first-order chi connectivity index (χ1) is 12.4. The first-order valence-electron chi connectivity index (χ1n) is 8.76. The molecule has 0 radical (unpaired) electrons. The number of pyridine rings is 1. The Kier molecular flexibility index (Phi) is 4.10. The van der Waals surface area contributed by atoms with Crippen LogP contribution in [0.3, 0.4) is 0 Å². The van der Waals surface area contributed by atoms with Crippen molar-refractivity contribution in [2.75, 3.05) is 7.05 Å². The van der Waals surface area contributed by atoms with Gasteiger partial charge in [0, 0.05) is 7.05 Å². The number of benzene rings is 1. The zero-order chi connectivity index (χ0) is 18.5. The maximum atomic E-state index is 13.2. The van der Waals surface area contributed by atoms with Crippen LogP contribution in [0.5, 0.6) is 0 Å². The summed E-state index contributed by atoms with van der Waals surface area (Å²) in [7, 11) is 1.67. The summed E-state index contributed by atoms with van der Waals surface area (Å²) in [6.45, 7) is 1.93. The van der Waals surface area contributed by atoms with E-state index in [1.54, 1.807) is 7.05 Å². The van der Waals surface area contributed by atoms with Crippen LogP contribution < -0.4 is 5.73 Å². The summed E-state index contributed by atoms with van der Waals surface area (Å²) in [5.41, 5.74) is 8.18. The predicted molar refractivity (Wildman–Crippen MR) is 105 cm³/mol. The topological polar surface area (TPSA) is 71.6 Å². The number of nitrogens with zero attached hydrogens (tertiary/aromatic N) is 3. The van der Waals surface area contributed by atoms with E-state index in [0.717, 1.165) is 5.56 Å². The Balaban J connectivity index is 1.84. The van der Waals surface area contributed by atoms with Crippen LogP contribution >= 0.6 is 15.9 Å². The monoisotopic (exact) mass is 412 g/mol. The molecule has 1 aliphatic carbocycles. The molecule has 2 N–H and O–H groups in total. The van der Waals surface area contributed by atoms with Crippen LogP contribution in [-0.4, -0.2) is 28.8 Å². The third kappa shape index (κ3) is 2.82. The lowest BCUT2D eigenvalue weighted by molar-refractivity contribution is -0.130. The largest absolute Gasteiger partial charge is 0.369 e. The number of carbonyl (C=O) groups is 1. The molecule has 26 heavy (non-hydrogen) atoms. The Morgan fingerprint density at radius 1 is 1.15 bits per heavy atom. The second-order valence-corrected chi connectivity index (χ2v) is 8.05. The minimum absolute atomic E-state index is 0.0686. The van der Waals surface area contributed by atoms with E-state index in [0.29, 0.717) is 16.2 Å². The van der Waals surface area contributed by atoms with Crippen molar-refractivity contribution >= 4 is 27.8 Å². The Bertz CT molecular complexity index is 891. The summed E-state index contributed by atoms with van der Waals surface area (Å²) in [5, 5.41) is 0. The van der Waals surface area contributed by atoms with Crippen LogP contribution in [0, 0.1) is 0 Å². The standard InChI is InChI=1S/C20H21BrN4O/c1-20(15-4-3-5-16(21)23-15)17(18(26)25(2)19(22)24-20)14-10-8-13(9-11-14)12-6-7-12/h3-5,8-12,17H,6-7H2,1-2H3,(H2,22,24)/t17-,20-/m1/s1. The fraction of sp³-hybridized carbons (Fsp3) is 0.350. The Hall–Kier alpha value is -2.21. The molecule has 2 aromatic rings. The van der Waals surface area contributed by atoms with Gasteiger partial charge in [-0.15, -0.1) is 0 Å². The molecule has 2 atom stereocenters. The molecule has 0 spiro atoms. The molecule has 1 saturated carbocycles. The number of hydrogen-bond donors (Lipinski definition) is 1. The molecule has 6 heteroatoms. The third-order valence-electron chi connectivity index (χ3n) is 5.38. The lowest BCUT2D eigenvalue weighted by atomic mass is 9.76. The molecule has 134 valence electrons. The van der Waals surface area contributed by atoms with Gasteiger partial charge >= 0.3 is 0 Å². The molecule has 0 bridgehead atoms. The first kappa shape index (κ1) is 17.2. The van der Waals surface area contributed by atoms with Crippen molar-refractivity contribution < 1.29 is 4.79 Å². The number of nitrogens with two attached hydrogens (primary N) is 1. The molecule has 2 heterocycles. The van der Waals surface area contributed by atoms with E-state index in [1.165, 1.54) is 23.3 Å². The van der Waals surface area contributed by atoms with E-state index < -0.39 is 11.5 Å². The molecule has 0 unspecified atom stereocenters. The number of amides is 1. The Morgan fingerprint density at radius 2 is 1.81 bits per heavy atom. The van der Waals surface area contributed by atoms with E-state index in [1.807, 2.05) is 25.1 Å². The summed E-state index contributed by atoms with van der Waals surface area (Å²) in [6.07, 6.45) is 2.51. The summed E-state index contributed by atoms with van der Waals surface area (Å²) < 4.78 is 0.708. The minimum atomic E-state index is -0.863. The zero-order valence-corrected chi connectivity index (χ0v) is 16.4. The van der Waals surface area contributed by atoms with Crippen LogP contribution in [0.4, 0.5) is 0 Å². The van der Waals surface area contributed by atoms with Gasteiger partial charge in [0.05, 0.1) is 11.6 Å². The van der Waals surface area contributed by atoms with Crippen LogP contribution in [0.25, 0.3) is 0 Å². The minimum Gasteiger partial charge on any atom is -0.369 e. The molecule has 2 aliphatic rings. The highest BCUT2D eigenvalue weighted by molar-refractivity contribution is 9.10. The number of hydrogen-bond acceptors (Lipinski definition) is 4. The molecule has 1 aromatic carbocycles. The second kappa shape index (κ2) is 6.20. The molecular weight excluding hydrogens is 392 g/mol. The number of carbonyl (C=O) groups excluding carboxylic acids is 1. The third-order valence-corrected chi connectivity index (χ3v) is 5.82. The van der Waals surface area contributed by atoms with Gasteiger partial charge in [0.15, 0.2) is 5.96 Å². The van der Waals surface area contributed by atoms with E-state index in [2.05, 4.69) is 45.2 Å². The normalized spacial score (nSPS) is 26.0. The van der Waals surface area contributed by atoms with Crippen molar-refractivity contribution in [3.8, 4) is 0 Å². The van der Waals surface area contributed by atoms with Gasteiger partial charge in [-0.1, -0.05) is 30.3 Å². The molecular formula is C20H21BrN4O. The molecule has 1 fully saturated rings. The molecule has 5 nitrogen and oxygen atoms in total. The quantitative estimate of drug-likeness (QED) is 0.783. The molecule has 1 amide bonds. The average Bonchev–Trinajstić information content (AvgIpc) is 3.46. The summed E-state index contributed by atoms with van der Waals surface area (Å²) in [4.78, 5) is 23.9. The summed E-state index contributed by atoms with van der Waals surface area (Å²) >= 11 is 3.42. The number of aromatic nitrogens is 1. The maximum Gasteiger partial charge on any atom is 0.239 e. The van der Waals surface area contributed by atoms with Crippen LogP contribution in [0.1, 0.15) is 48.4 Å². The lowest BCUT2D eigenvalue weighted by Crippen LogP contribution is -2.52. The summed E-state index contributed by atoms with van der Waals surface area (Å²) in [6, 6.07) is 14.0. The Morgan fingerprint density at radius 3 is 2.42 bits per heavy atom. The number of likely N-dealkylation sites (N-methyl/N-ethyl adjacent to an activating group) is 1. The van der Waals surface area contributed by atoms with Gasteiger partial charge in [-0.3, -0.25) is 9.69 Å². The molecule has 0 saturated heterocycles. The number of aliphatic imine (C=N–C) groups is 1. The lowest BCUT2D eigenvalue weighted by Gasteiger charge is -2.40. The van der Waals surface area contributed by atoms with Gasteiger partial charge in [0.1, 0.15) is 10.1 Å². The average molecular weight is 413 g/mol. The van der Waals surface area contributed by atoms with Crippen molar-refractivity contribution in [1.82, 2.24) is 9.88 Å². The highest BCUT2D eigenvalue weighted by Crippen LogP contribution is 2.45. The fourth-order valence-electron chi connectivity index (χ4n) is 3.66. The van der Waals surface area contributed by atoms with E-state index in [4.69, 9.17) is 10.7 Å². The van der Waals surface area contributed by atoms with Crippen molar-refractivity contribution in [2.45, 2.75) is 37.1 Å². The smallest absolute Gasteiger partial charge is 0.239 e. The molecule has 1 aromatic heterocycles. The van der Waals surface area contributed by atoms with Gasteiger partial charge in [0.25, 0.3) is 0 Å². The summed E-state index contributed by atoms with van der Waals surface area (Å²) in [5.74, 6) is 0.349. The predicted octanol–water partition coefficient (Wildman–Crippen LogP) is 3.51. The van der Waals surface area contributed by atoms with Gasteiger partial charge in [-0.25, -0.2) is 9.98 Å². The number of guanidine groups is 1. The van der Waals surface area contributed by atoms with Crippen molar-refractivity contribution in [3.63, 3.8) is 0 Å². The van der Waals surface area contributed by atoms with E-state index >= 15 is 0 Å². The van der Waals surface area contributed by atoms with Gasteiger partial charge < -0.3 is 5.73 Å². The maximum absolute atomic E-state index is 13.2. The van der Waals surface area contributed by atoms with E-state index in [9.17, 15) is 4.79 Å². The van der Waals surface area contributed by atoms with Crippen LogP contribution in [0.2, 0.25) is 0 Å². The number of rotatable bonds is 3. The van der Waals surface area contributed by atoms with Gasteiger partial charge in [-0.2, -0.15) is 0 Å². The van der Waals surface area contributed by atoms with Crippen LogP contribution in [0.15, 0.2) is 52.1 Å². The van der Waals surface area contributed by atoms with E-state index in [-0.39, 0.29) is 11.9 Å². The van der Waals surface area contributed by atoms with Crippen LogP contribution in [-0.2, 0) is 10.3 Å². The highest BCUT2D eigenvalue weighted by Gasteiger charge is 2.48. The second-order valence-electron chi connectivity index (χ2n) is 7.23. The van der Waals surface area contributed by atoms with Crippen molar-refractivity contribution in [3.05, 3.63) is 63.9 Å².